The van der Waals surface area contributed by atoms with E-state index in [1.165, 1.54) is 16.9 Å². The Kier molecular flexibility index (Phi) is 5.30. The summed E-state index contributed by atoms with van der Waals surface area (Å²) in [5, 5.41) is 3.74. The van der Waals surface area contributed by atoms with Crippen LogP contribution in [0.1, 0.15) is 27.9 Å². The molecule has 1 amide bonds. The molecule has 1 unspecified atom stereocenters. The topological polar surface area (TPSA) is 46.6 Å². The second-order valence-corrected chi connectivity index (χ2v) is 6.96. The second-order valence-electron chi connectivity index (χ2n) is 6.21. The molecule has 1 atom stereocenters. The summed E-state index contributed by atoms with van der Waals surface area (Å²) in [6.45, 7) is 3.59. The minimum atomic E-state index is -0.288. The smallest absolute Gasteiger partial charge is 0.339 e. The SMILES string of the molecule is Cc1cscc1C(=O)OCC1CC(=O)N(CCc2ccccc2)C1. The molecule has 0 radical (unpaired) electrons. The van der Waals surface area contributed by atoms with Crippen LogP contribution in [0, 0.1) is 12.8 Å². The normalized spacial score (nSPS) is 17.3. The molecule has 126 valence electrons. The molecule has 5 heteroatoms. The Balaban J connectivity index is 1.46. The van der Waals surface area contributed by atoms with Gasteiger partial charge >= 0.3 is 5.97 Å². The first kappa shape index (κ1) is 16.7. The van der Waals surface area contributed by atoms with Crippen LogP contribution in [-0.4, -0.2) is 36.5 Å². The second kappa shape index (κ2) is 7.62. The van der Waals surface area contributed by atoms with Gasteiger partial charge in [0.05, 0.1) is 12.2 Å². The standard InChI is InChI=1S/C19H21NO3S/c1-14-12-24-13-17(14)19(22)23-11-16-9-18(21)20(10-16)8-7-15-5-3-2-4-6-15/h2-6,12-13,16H,7-11H2,1H3. The summed E-state index contributed by atoms with van der Waals surface area (Å²) in [4.78, 5) is 26.0. The number of aryl methyl sites for hydroxylation is 1. The Morgan fingerprint density at radius 1 is 1.29 bits per heavy atom. The predicted molar refractivity (Wildman–Crippen MR) is 94.2 cm³/mol. The lowest BCUT2D eigenvalue weighted by molar-refractivity contribution is -0.127. The third kappa shape index (κ3) is 4.03. The Labute approximate surface area is 146 Å². The first-order chi connectivity index (χ1) is 11.6. The van der Waals surface area contributed by atoms with Crippen LogP contribution in [0.15, 0.2) is 41.1 Å². The fraction of sp³-hybridized carbons (Fsp3) is 0.368. The highest BCUT2D eigenvalue weighted by Crippen LogP contribution is 2.20. The number of thiophene rings is 1. The van der Waals surface area contributed by atoms with Gasteiger partial charge in [-0.05, 0) is 29.9 Å². The number of carbonyl (C=O) groups excluding carboxylic acids is 2. The molecule has 0 bridgehead atoms. The van der Waals surface area contributed by atoms with E-state index in [4.69, 9.17) is 4.74 Å². The van der Waals surface area contributed by atoms with E-state index in [-0.39, 0.29) is 17.8 Å². The molecule has 1 fully saturated rings. The maximum absolute atomic E-state index is 12.1. The van der Waals surface area contributed by atoms with Gasteiger partial charge in [0, 0.05) is 30.8 Å². The van der Waals surface area contributed by atoms with Crippen LogP contribution in [0.5, 0.6) is 0 Å². The molecule has 2 heterocycles. The molecule has 0 aliphatic carbocycles. The summed E-state index contributed by atoms with van der Waals surface area (Å²) in [5.41, 5.74) is 2.80. The van der Waals surface area contributed by atoms with Gasteiger partial charge in [0.25, 0.3) is 0 Å². The van der Waals surface area contributed by atoms with Gasteiger partial charge in [-0.1, -0.05) is 30.3 Å². The fourth-order valence-electron chi connectivity index (χ4n) is 2.93. The van der Waals surface area contributed by atoms with Crippen molar-refractivity contribution in [2.75, 3.05) is 19.7 Å². The van der Waals surface area contributed by atoms with Crippen LogP contribution in [0.3, 0.4) is 0 Å². The van der Waals surface area contributed by atoms with Gasteiger partial charge in [0.15, 0.2) is 0 Å². The molecule has 1 saturated heterocycles. The summed E-state index contributed by atoms with van der Waals surface area (Å²) in [6.07, 6.45) is 1.32. The van der Waals surface area contributed by atoms with E-state index >= 15 is 0 Å². The zero-order valence-corrected chi connectivity index (χ0v) is 14.6. The Hall–Kier alpha value is -2.14. The molecule has 3 rings (SSSR count). The van der Waals surface area contributed by atoms with Gasteiger partial charge in [-0.2, -0.15) is 11.3 Å². The molecule has 1 aromatic carbocycles. The zero-order valence-electron chi connectivity index (χ0n) is 13.7. The van der Waals surface area contributed by atoms with E-state index in [1.54, 1.807) is 0 Å². The number of esters is 1. The number of hydrogen-bond donors (Lipinski definition) is 0. The highest BCUT2D eigenvalue weighted by Gasteiger charge is 2.30. The van der Waals surface area contributed by atoms with E-state index in [9.17, 15) is 9.59 Å². The predicted octanol–water partition coefficient (Wildman–Crippen LogP) is 3.30. The molecule has 0 spiro atoms. The summed E-state index contributed by atoms with van der Waals surface area (Å²) in [5.74, 6) is -0.0428. The third-order valence-electron chi connectivity index (χ3n) is 4.33. The maximum Gasteiger partial charge on any atom is 0.339 e. The van der Waals surface area contributed by atoms with Crippen molar-refractivity contribution in [3.63, 3.8) is 0 Å². The van der Waals surface area contributed by atoms with Crippen molar-refractivity contribution in [1.29, 1.82) is 0 Å². The quantitative estimate of drug-likeness (QED) is 0.756. The lowest BCUT2D eigenvalue weighted by Gasteiger charge is -2.16. The number of amides is 1. The summed E-state index contributed by atoms with van der Waals surface area (Å²) < 4.78 is 5.40. The van der Waals surface area contributed by atoms with E-state index in [0.29, 0.717) is 25.1 Å². The number of likely N-dealkylation sites (tertiary alicyclic amines) is 1. The Morgan fingerprint density at radius 3 is 2.79 bits per heavy atom. The number of hydrogen-bond acceptors (Lipinski definition) is 4. The molecule has 2 aromatic rings. The van der Waals surface area contributed by atoms with Crippen LogP contribution in [0.25, 0.3) is 0 Å². The van der Waals surface area contributed by atoms with Crippen LogP contribution >= 0.6 is 11.3 Å². The van der Waals surface area contributed by atoms with Crippen molar-refractivity contribution in [3.8, 4) is 0 Å². The highest BCUT2D eigenvalue weighted by atomic mass is 32.1. The van der Waals surface area contributed by atoms with Crippen molar-refractivity contribution in [3.05, 3.63) is 57.8 Å². The highest BCUT2D eigenvalue weighted by molar-refractivity contribution is 7.08. The number of benzene rings is 1. The van der Waals surface area contributed by atoms with Gasteiger partial charge < -0.3 is 9.64 Å². The van der Waals surface area contributed by atoms with Crippen LogP contribution in [0.4, 0.5) is 0 Å². The molecular weight excluding hydrogens is 322 g/mol. The number of carbonyl (C=O) groups is 2. The van der Waals surface area contributed by atoms with Gasteiger partial charge in [-0.15, -0.1) is 0 Å². The van der Waals surface area contributed by atoms with Crippen molar-refractivity contribution in [1.82, 2.24) is 4.90 Å². The van der Waals surface area contributed by atoms with Gasteiger partial charge in [0.2, 0.25) is 5.91 Å². The molecule has 1 aliphatic rings. The van der Waals surface area contributed by atoms with E-state index in [2.05, 4.69) is 12.1 Å². The van der Waals surface area contributed by atoms with Crippen molar-refractivity contribution >= 4 is 23.2 Å². The first-order valence-electron chi connectivity index (χ1n) is 8.15. The minimum absolute atomic E-state index is 0.0937. The number of nitrogens with zero attached hydrogens (tertiary/aromatic N) is 1. The zero-order chi connectivity index (χ0) is 16.9. The average molecular weight is 343 g/mol. The summed E-state index contributed by atoms with van der Waals surface area (Å²) in [7, 11) is 0. The summed E-state index contributed by atoms with van der Waals surface area (Å²) >= 11 is 1.49. The lowest BCUT2D eigenvalue weighted by atomic mass is 10.1. The largest absolute Gasteiger partial charge is 0.462 e. The van der Waals surface area contributed by atoms with Gasteiger partial charge in [-0.3, -0.25) is 4.79 Å². The van der Waals surface area contributed by atoms with Crippen LogP contribution in [-0.2, 0) is 16.0 Å². The molecule has 4 nitrogen and oxygen atoms in total. The Morgan fingerprint density at radius 2 is 2.08 bits per heavy atom. The average Bonchev–Trinajstić information content (AvgIpc) is 3.17. The van der Waals surface area contributed by atoms with Crippen molar-refractivity contribution < 1.29 is 14.3 Å². The molecule has 1 aliphatic heterocycles. The molecule has 0 N–H and O–H groups in total. The number of ether oxygens (including phenoxy) is 1. The third-order valence-corrected chi connectivity index (χ3v) is 5.19. The lowest BCUT2D eigenvalue weighted by Crippen LogP contribution is -2.28. The maximum atomic E-state index is 12.1. The van der Waals surface area contributed by atoms with E-state index < -0.39 is 0 Å². The van der Waals surface area contributed by atoms with Gasteiger partial charge in [0.1, 0.15) is 0 Å². The monoisotopic (exact) mass is 343 g/mol. The van der Waals surface area contributed by atoms with Crippen molar-refractivity contribution in [2.45, 2.75) is 19.8 Å². The van der Waals surface area contributed by atoms with Crippen molar-refractivity contribution in [2.24, 2.45) is 5.92 Å². The van der Waals surface area contributed by atoms with Crippen LogP contribution in [0.2, 0.25) is 0 Å². The van der Waals surface area contributed by atoms with E-state index in [1.807, 2.05) is 40.8 Å². The first-order valence-corrected chi connectivity index (χ1v) is 9.09. The minimum Gasteiger partial charge on any atom is -0.462 e. The fourth-order valence-corrected chi connectivity index (χ4v) is 3.75. The Bertz CT molecular complexity index is 710. The molecule has 1 aromatic heterocycles. The molecule has 0 saturated carbocycles. The summed E-state index contributed by atoms with van der Waals surface area (Å²) in [6, 6.07) is 10.2. The molecule has 24 heavy (non-hydrogen) atoms. The number of rotatable bonds is 6. The molecular formula is C19H21NO3S. The van der Waals surface area contributed by atoms with Crippen LogP contribution < -0.4 is 0 Å². The van der Waals surface area contributed by atoms with E-state index in [0.717, 1.165) is 18.5 Å². The van der Waals surface area contributed by atoms with Gasteiger partial charge in [-0.25, -0.2) is 4.79 Å².